The fourth-order valence-electron chi connectivity index (χ4n) is 0.143. The summed E-state index contributed by atoms with van der Waals surface area (Å²) in [5.41, 5.74) is 0. The van der Waals surface area contributed by atoms with Crippen LogP contribution in [0.25, 0.3) is 0 Å². The Kier molecular flexibility index (Phi) is 0.682. The Morgan fingerprint density at radius 1 is 1.00 bits per heavy atom. The Morgan fingerprint density at radius 2 is 1.14 bits per heavy atom. The Morgan fingerprint density at radius 3 is 1.14 bits per heavy atom. The zero-order chi connectivity index (χ0) is 5.65. The Bertz CT molecular complexity index is 123. The van der Waals surface area contributed by atoms with Gasteiger partial charge in [-0.05, 0) is 0 Å². The van der Waals surface area contributed by atoms with E-state index in [4.69, 9.17) is 0 Å². The maximum Gasteiger partial charge on any atom is 0.247 e. The van der Waals surface area contributed by atoms with E-state index < -0.39 is 21.1 Å². The average molecular weight is 132 g/mol. The molecule has 0 aromatic heterocycles. The van der Waals surface area contributed by atoms with Crippen LogP contribution in [-0.2, 0) is 0 Å². The summed E-state index contributed by atoms with van der Waals surface area (Å²) in [6.07, 6.45) is 0. The third-order valence-electron chi connectivity index (χ3n) is 0.563. The molecule has 0 saturated heterocycles. The number of hydrogen-bond acceptors (Lipinski definition) is 0. The van der Waals surface area contributed by atoms with Crippen molar-refractivity contribution in [1.29, 1.82) is 0 Å². The van der Waals surface area contributed by atoms with Crippen molar-refractivity contribution in [3.8, 4) is 0 Å². The molecule has 0 radical (unpaired) electrons. The molecule has 1 rings (SSSR count). The second kappa shape index (κ2) is 0.964. The molecule has 1 heterocycles. The van der Waals surface area contributed by atoms with Crippen LogP contribution in [0.4, 0.5) is 16.6 Å². The molecule has 0 saturated carbocycles. The SMILES string of the molecule is FC1=C(F)S1(F)F. The van der Waals surface area contributed by atoms with Gasteiger partial charge in [0.15, 0.2) is 10.8 Å². The fourth-order valence-corrected chi connectivity index (χ4v) is 0.618. The maximum atomic E-state index is 11.2. The summed E-state index contributed by atoms with van der Waals surface area (Å²) < 4.78 is 44.5. The number of hydrogen-bond donors (Lipinski definition) is 0. The number of halogens is 4. The molecule has 42 valence electrons. The van der Waals surface area contributed by atoms with E-state index in [1.54, 1.807) is 0 Å². The molecule has 0 amide bonds. The predicted molar refractivity (Wildman–Crippen MR) is 19.0 cm³/mol. The van der Waals surface area contributed by atoms with Crippen LogP contribution in [0.5, 0.6) is 0 Å². The molecule has 0 aromatic carbocycles. The van der Waals surface area contributed by atoms with Gasteiger partial charge in [0.1, 0.15) is 0 Å². The highest BCUT2D eigenvalue weighted by atomic mass is 32.3. The molecule has 0 bridgehead atoms. The minimum atomic E-state index is -4.57. The van der Waals surface area contributed by atoms with Crippen molar-refractivity contribution in [2.45, 2.75) is 0 Å². The van der Waals surface area contributed by atoms with Crippen LogP contribution >= 0.6 is 10.8 Å². The maximum absolute atomic E-state index is 11.2. The average Bonchev–Trinajstić information content (AvgIpc) is 1.91. The van der Waals surface area contributed by atoms with Gasteiger partial charge in [-0.1, -0.05) is 0 Å². The van der Waals surface area contributed by atoms with Crippen LogP contribution in [0.1, 0.15) is 0 Å². The summed E-state index contributed by atoms with van der Waals surface area (Å²) in [4.78, 5) is 0. The second-order valence-corrected chi connectivity index (χ2v) is 2.67. The van der Waals surface area contributed by atoms with E-state index >= 15 is 0 Å². The molecular weight excluding hydrogens is 132 g/mol. The second-order valence-electron chi connectivity index (χ2n) is 1.02. The molecular formula is C2F4S. The van der Waals surface area contributed by atoms with E-state index in [0.717, 1.165) is 0 Å². The zero-order valence-electron chi connectivity index (χ0n) is 2.92. The third-order valence-corrected chi connectivity index (χ3v) is 1.62. The summed E-state index contributed by atoms with van der Waals surface area (Å²) in [7, 11) is -4.57. The minimum absolute atomic E-state index is 1.84. The van der Waals surface area contributed by atoms with Crippen molar-refractivity contribution < 1.29 is 16.6 Å². The molecule has 7 heavy (non-hydrogen) atoms. The van der Waals surface area contributed by atoms with Gasteiger partial charge in [0.25, 0.3) is 0 Å². The highest BCUT2D eigenvalue weighted by Crippen LogP contribution is 2.81. The van der Waals surface area contributed by atoms with Crippen LogP contribution in [0.15, 0.2) is 10.3 Å². The molecule has 5 heteroatoms. The molecule has 0 unspecified atom stereocenters. The van der Waals surface area contributed by atoms with Gasteiger partial charge in [0.05, 0.1) is 0 Å². The van der Waals surface area contributed by atoms with Crippen molar-refractivity contribution in [3.63, 3.8) is 0 Å². The van der Waals surface area contributed by atoms with Crippen molar-refractivity contribution in [2.24, 2.45) is 0 Å². The zero-order valence-corrected chi connectivity index (χ0v) is 3.74. The summed E-state index contributed by atoms with van der Waals surface area (Å²) in [6.45, 7) is 0. The van der Waals surface area contributed by atoms with Gasteiger partial charge in [-0.3, -0.25) is 0 Å². The predicted octanol–water partition coefficient (Wildman–Crippen LogP) is 2.64. The van der Waals surface area contributed by atoms with Gasteiger partial charge in [0.2, 0.25) is 10.3 Å². The third kappa shape index (κ3) is 0.442. The number of rotatable bonds is 0. The molecule has 1 aliphatic heterocycles. The van der Waals surface area contributed by atoms with Crippen molar-refractivity contribution in [3.05, 3.63) is 10.3 Å². The Labute approximate surface area is 38.7 Å². The summed E-state index contributed by atoms with van der Waals surface area (Å²) in [5, 5.41) is -3.68. The molecule has 0 N–H and O–H groups in total. The van der Waals surface area contributed by atoms with Crippen LogP contribution < -0.4 is 0 Å². The van der Waals surface area contributed by atoms with Gasteiger partial charge in [-0.25, -0.2) is 0 Å². The van der Waals surface area contributed by atoms with Crippen LogP contribution in [0, 0.1) is 0 Å². The lowest BCUT2D eigenvalue weighted by Crippen LogP contribution is -1.49. The van der Waals surface area contributed by atoms with Crippen LogP contribution in [0.2, 0.25) is 0 Å². The quantitative estimate of drug-likeness (QED) is 0.444. The highest BCUT2D eigenvalue weighted by Gasteiger charge is 2.55. The first-order valence-corrected chi connectivity index (χ1v) is 2.78. The van der Waals surface area contributed by atoms with Gasteiger partial charge in [-0.15, -0.1) is 7.77 Å². The standard InChI is InChI=1S/C2F4S/c3-1-2(4)7(1,5)6. The first kappa shape index (κ1) is 4.96. The van der Waals surface area contributed by atoms with Crippen LogP contribution in [-0.4, -0.2) is 0 Å². The van der Waals surface area contributed by atoms with E-state index in [1.807, 2.05) is 0 Å². The summed E-state index contributed by atoms with van der Waals surface area (Å²) >= 11 is 0. The molecule has 0 aromatic rings. The molecule has 0 aliphatic carbocycles. The van der Waals surface area contributed by atoms with E-state index in [1.165, 1.54) is 0 Å². The van der Waals surface area contributed by atoms with Crippen molar-refractivity contribution in [2.75, 3.05) is 0 Å². The van der Waals surface area contributed by atoms with Crippen LogP contribution in [0.3, 0.4) is 0 Å². The molecule has 0 nitrogen and oxygen atoms in total. The Hall–Kier alpha value is -0.190. The van der Waals surface area contributed by atoms with E-state index in [2.05, 4.69) is 0 Å². The molecule has 0 atom stereocenters. The van der Waals surface area contributed by atoms with Gasteiger partial charge < -0.3 is 0 Å². The summed E-state index contributed by atoms with van der Waals surface area (Å²) in [5.74, 6) is 0. The molecule has 1 aliphatic rings. The van der Waals surface area contributed by atoms with Crippen molar-refractivity contribution in [1.82, 2.24) is 0 Å². The topological polar surface area (TPSA) is 0 Å². The molecule has 0 fully saturated rings. The van der Waals surface area contributed by atoms with Gasteiger partial charge in [-0.2, -0.15) is 8.78 Å². The Balaban J connectivity index is 2.69. The van der Waals surface area contributed by atoms with E-state index in [-0.39, 0.29) is 0 Å². The van der Waals surface area contributed by atoms with E-state index in [0.29, 0.717) is 0 Å². The molecule has 0 spiro atoms. The van der Waals surface area contributed by atoms with Crippen molar-refractivity contribution >= 4 is 10.8 Å². The lowest BCUT2D eigenvalue weighted by Gasteiger charge is -1.87. The highest BCUT2D eigenvalue weighted by molar-refractivity contribution is 8.37. The smallest absolute Gasteiger partial charge is 0.191 e. The normalized spacial score (nSPS) is 30.3. The van der Waals surface area contributed by atoms with Gasteiger partial charge >= 0.3 is 0 Å². The first-order chi connectivity index (χ1) is 3.07. The van der Waals surface area contributed by atoms with Gasteiger partial charge in [0, 0.05) is 0 Å². The monoisotopic (exact) mass is 132 g/mol. The largest absolute Gasteiger partial charge is 0.247 e. The lowest BCUT2D eigenvalue weighted by molar-refractivity contribution is 0.645. The fraction of sp³-hybridized carbons (Fsp3) is 0. The van der Waals surface area contributed by atoms with E-state index in [9.17, 15) is 16.6 Å². The minimum Gasteiger partial charge on any atom is -0.191 e. The lowest BCUT2D eigenvalue weighted by atomic mass is 11.2. The first-order valence-electron chi connectivity index (χ1n) is 1.34. The summed E-state index contributed by atoms with van der Waals surface area (Å²) in [6, 6.07) is 0.